The van der Waals surface area contributed by atoms with Gasteiger partial charge in [-0.25, -0.2) is 0 Å². The monoisotopic (exact) mass is 481 g/mol. The number of rotatable bonds is 4. The quantitative estimate of drug-likeness (QED) is 0.557. The van der Waals surface area contributed by atoms with E-state index in [9.17, 15) is 19.2 Å². The number of halogens is 1. The molecule has 1 aromatic heterocycles. The predicted octanol–water partition coefficient (Wildman–Crippen LogP) is 3.55. The minimum atomic E-state index is -0.645. The number of thiophene rings is 1. The molecule has 1 atom stereocenters. The molecule has 9 heteroatoms. The molecule has 0 aliphatic carbocycles. The Hall–Kier alpha value is -3.23. The summed E-state index contributed by atoms with van der Waals surface area (Å²) < 4.78 is 0.967. The fourth-order valence-corrected chi connectivity index (χ4v) is 5.99. The van der Waals surface area contributed by atoms with E-state index < -0.39 is 11.9 Å². The van der Waals surface area contributed by atoms with E-state index in [1.165, 1.54) is 16.2 Å². The van der Waals surface area contributed by atoms with Crippen molar-refractivity contribution in [3.8, 4) is 0 Å². The Labute approximate surface area is 198 Å². The summed E-state index contributed by atoms with van der Waals surface area (Å²) >= 11 is 7.71. The zero-order valence-corrected chi connectivity index (χ0v) is 19.3. The maximum atomic E-state index is 12.8. The molecular weight excluding hydrogens is 462 g/mol. The third-order valence-corrected chi connectivity index (χ3v) is 7.72. The number of fused-ring (bicyclic) bond motifs is 2. The second-order valence-electron chi connectivity index (χ2n) is 8.24. The molecule has 2 aliphatic rings. The Morgan fingerprint density at radius 3 is 2.82 bits per heavy atom. The molecule has 0 saturated carbocycles. The van der Waals surface area contributed by atoms with Gasteiger partial charge in [0.25, 0.3) is 11.8 Å². The predicted molar refractivity (Wildman–Crippen MR) is 125 cm³/mol. The van der Waals surface area contributed by atoms with Crippen LogP contribution in [0, 0.1) is 6.92 Å². The topological polar surface area (TPSA) is 95.6 Å². The van der Waals surface area contributed by atoms with Crippen molar-refractivity contribution in [3.05, 3.63) is 68.6 Å². The first-order valence-electron chi connectivity index (χ1n) is 10.6. The van der Waals surface area contributed by atoms with Crippen LogP contribution in [0.2, 0.25) is 5.02 Å². The van der Waals surface area contributed by atoms with Crippen LogP contribution >= 0.6 is 22.9 Å². The highest BCUT2D eigenvalue weighted by Gasteiger charge is 2.39. The van der Waals surface area contributed by atoms with Gasteiger partial charge in [0.15, 0.2) is 0 Å². The number of piperidine rings is 1. The van der Waals surface area contributed by atoms with Crippen molar-refractivity contribution in [1.29, 1.82) is 0 Å². The van der Waals surface area contributed by atoms with Crippen LogP contribution in [0.3, 0.4) is 0 Å². The van der Waals surface area contributed by atoms with Crippen LogP contribution in [0.1, 0.15) is 49.6 Å². The fourth-order valence-electron chi connectivity index (χ4n) is 4.47. The maximum Gasteiger partial charge on any atom is 0.261 e. The lowest BCUT2D eigenvalue weighted by Gasteiger charge is -2.29. The van der Waals surface area contributed by atoms with Crippen LogP contribution in [0.25, 0.3) is 10.1 Å². The number of hydrogen-bond acceptors (Lipinski definition) is 5. The SMILES string of the molecule is Cc1c(C(=O)NCc2ccc3c(c2)CN(C2CCC(=O)NC2=O)C3=O)sc2cccc(Cl)c12. The van der Waals surface area contributed by atoms with Gasteiger partial charge in [0.2, 0.25) is 11.8 Å². The van der Waals surface area contributed by atoms with Gasteiger partial charge in [-0.05, 0) is 48.2 Å². The van der Waals surface area contributed by atoms with Gasteiger partial charge in [-0.15, -0.1) is 11.3 Å². The zero-order chi connectivity index (χ0) is 23.3. The van der Waals surface area contributed by atoms with Gasteiger partial charge in [0.05, 0.1) is 4.88 Å². The third kappa shape index (κ3) is 3.79. The first kappa shape index (κ1) is 21.6. The van der Waals surface area contributed by atoms with Crippen molar-refractivity contribution in [1.82, 2.24) is 15.5 Å². The molecule has 168 valence electrons. The molecule has 1 saturated heterocycles. The summed E-state index contributed by atoms with van der Waals surface area (Å²) in [7, 11) is 0. The Bertz CT molecular complexity index is 1350. The van der Waals surface area contributed by atoms with E-state index in [4.69, 9.17) is 11.6 Å². The van der Waals surface area contributed by atoms with E-state index in [1.807, 2.05) is 31.2 Å². The molecule has 2 aliphatic heterocycles. The van der Waals surface area contributed by atoms with E-state index in [1.54, 1.807) is 12.1 Å². The molecule has 2 aromatic carbocycles. The number of hydrogen-bond donors (Lipinski definition) is 2. The van der Waals surface area contributed by atoms with Crippen molar-refractivity contribution in [2.75, 3.05) is 0 Å². The average Bonchev–Trinajstić information content (AvgIpc) is 3.30. The molecule has 5 rings (SSSR count). The van der Waals surface area contributed by atoms with Crippen molar-refractivity contribution in [2.45, 2.75) is 38.9 Å². The van der Waals surface area contributed by atoms with Crippen LogP contribution in [0.5, 0.6) is 0 Å². The molecule has 33 heavy (non-hydrogen) atoms. The smallest absolute Gasteiger partial charge is 0.261 e. The fraction of sp³-hybridized carbons (Fsp3) is 0.250. The Morgan fingerprint density at radius 2 is 2.06 bits per heavy atom. The number of nitrogens with zero attached hydrogens (tertiary/aromatic N) is 1. The lowest BCUT2D eigenvalue weighted by molar-refractivity contribution is -0.136. The summed E-state index contributed by atoms with van der Waals surface area (Å²) in [4.78, 5) is 51.4. The number of carbonyl (C=O) groups is 4. The van der Waals surface area contributed by atoms with Gasteiger partial charge in [0.1, 0.15) is 6.04 Å². The molecule has 4 amide bonds. The molecule has 7 nitrogen and oxygen atoms in total. The summed E-state index contributed by atoms with van der Waals surface area (Å²) in [5.41, 5.74) is 3.07. The lowest BCUT2D eigenvalue weighted by Crippen LogP contribution is -2.52. The second-order valence-corrected chi connectivity index (χ2v) is 9.70. The summed E-state index contributed by atoms with van der Waals surface area (Å²) in [6.45, 7) is 2.50. The number of imide groups is 1. The normalized spacial score (nSPS) is 17.9. The Balaban J connectivity index is 1.30. The van der Waals surface area contributed by atoms with Gasteiger partial charge in [-0.3, -0.25) is 24.5 Å². The van der Waals surface area contributed by atoms with Crippen LogP contribution in [-0.2, 0) is 22.7 Å². The Morgan fingerprint density at radius 1 is 1.24 bits per heavy atom. The van der Waals surface area contributed by atoms with Crippen molar-refractivity contribution < 1.29 is 19.2 Å². The zero-order valence-electron chi connectivity index (χ0n) is 17.7. The summed E-state index contributed by atoms with van der Waals surface area (Å²) in [5.74, 6) is -1.13. The van der Waals surface area contributed by atoms with Gasteiger partial charge in [0, 0.05) is 40.2 Å². The second kappa shape index (κ2) is 8.28. The first-order chi connectivity index (χ1) is 15.8. The molecular formula is C24H20ClN3O4S. The standard InChI is InChI=1S/C24H20ClN3O4S/c1-12-20-16(25)3-2-4-18(20)33-21(12)23(31)26-10-13-5-6-15-14(9-13)11-28(24(15)32)17-7-8-19(29)27-22(17)30/h2-6,9,17H,7-8,10-11H2,1H3,(H,26,31)(H,27,29,30). The van der Waals surface area contributed by atoms with Crippen molar-refractivity contribution in [3.63, 3.8) is 0 Å². The number of aryl methyl sites for hydroxylation is 1. The Kier molecular flexibility index (Phi) is 5.42. The molecule has 1 unspecified atom stereocenters. The summed E-state index contributed by atoms with van der Waals surface area (Å²) in [5, 5.41) is 6.79. The van der Waals surface area contributed by atoms with Crippen molar-refractivity contribution in [2.24, 2.45) is 0 Å². The van der Waals surface area contributed by atoms with E-state index in [2.05, 4.69) is 10.6 Å². The van der Waals surface area contributed by atoms with E-state index in [-0.39, 0.29) is 24.1 Å². The molecule has 1 fully saturated rings. The minimum Gasteiger partial charge on any atom is -0.347 e. The number of nitrogens with one attached hydrogen (secondary N) is 2. The van der Waals surface area contributed by atoms with Gasteiger partial charge >= 0.3 is 0 Å². The minimum absolute atomic E-state index is 0.175. The largest absolute Gasteiger partial charge is 0.347 e. The van der Waals surface area contributed by atoms with Gasteiger partial charge in [-0.2, -0.15) is 0 Å². The average molecular weight is 482 g/mol. The first-order valence-corrected chi connectivity index (χ1v) is 11.7. The maximum absolute atomic E-state index is 12.8. The molecule has 0 radical (unpaired) electrons. The van der Waals surface area contributed by atoms with Crippen LogP contribution in [0.15, 0.2) is 36.4 Å². The van der Waals surface area contributed by atoms with Gasteiger partial charge in [-0.1, -0.05) is 29.8 Å². The molecule has 2 N–H and O–H groups in total. The van der Waals surface area contributed by atoms with Crippen LogP contribution in [0.4, 0.5) is 0 Å². The van der Waals surface area contributed by atoms with E-state index in [0.29, 0.717) is 35.0 Å². The van der Waals surface area contributed by atoms with Crippen molar-refractivity contribution >= 4 is 56.7 Å². The highest BCUT2D eigenvalue weighted by Crippen LogP contribution is 2.35. The molecule has 3 heterocycles. The third-order valence-electron chi connectivity index (χ3n) is 6.15. The number of carbonyl (C=O) groups excluding carboxylic acids is 4. The molecule has 3 aromatic rings. The van der Waals surface area contributed by atoms with Crippen LogP contribution < -0.4 is 10.6 Å². The summed E-state index contributed by atoms with van der Waals surface area (Å²) in [6.07, 6.45) is 0.544. The van der Waals surface area contributed by atoms with Crippen LogP contribution in [-0.4, -0.2) is 34.6 Å². The van der Waals surface area contributed by atoms with E-state index >= 15 is 0 Å². The highest BCUT2D eigenvalue weighted by atomic mass is 35.5. The van der Waals surface area contributed by atoms with E-state index in [0.717, 1.165) is 26.8 Å². The summed E-state index contributed by atoms with van der Waals surface area (Å²) in [6, 6.07) is 10.4. The molecule has 0 bridgehead atoms. The van der Waals surface area contributed by atoms with Gasteiger partial charge < -0.3 is 10.2 Å². The molecule has 0 spiro atoms. The number of benzene rings is 2. The lowest BCUT2D eigenvalue weighted by atomic mass is 10.0. The number of amides is 4. The highest BCUT2D eigenvalue weighted by molar-refractivity contribution is 7.21.